The molecule has 3 aromatic carbocycles. The summed E-state index contributed by atoms with van der Waals surface area (Å²) < 4.78 is 0. The van der Waals surface area contributed by atoms with E-state index in [9.17, 15) is 47.9 Å². The molecule has 518 valence electrons. The Kier molecular flexibility index (Phi) is 33.2. The van der Waals surface area contributed by atoms with Crippen LogP contribution in [0.1, 0.15) is 124 Å². The van der Waals surface area contributed by atoms with E-state index in [1.165, 1.54) is 11.8 Å². The van der Waals surface area contributed by atoms with Crippen LogP contribution in [-0.4, -0.2) is 174 Å². The molecule has 10 atom stereocenters. The van der Waals surface area contributed by atoms with Gasteiger partial charge in [0, 0.05) is 61.0 Å². The number of nitrogens with two attached hydrogens (primary N) is 5. The lowest BCUT2D eigenvalue weighted by molar-refractivity contribution is -0.135. The number of hydrogen-bond donors (Lipinski definition) is 15. The molecule has 2 fully saturated rings. The fourth-order valence-corrected chi connectivity index (χ4v) is 12.9. The molecule has 5 rings (SSSR count). The summed E-state index contributed by atoms with van der Waals surface area (Å²) in [5.41, 5.74) is 30.2. The number of ketones is 1. The molecule has 0 unspecified atom stereocenters. The molecule has 3 aromatic rings. The number of nitrogens with zero attached hydrogens (tertiary/aromatic N) is 2. The molecule has 2 saturated heterocycles. The third kappa shape index (κ3) is 27.5. The van der Waals surface area contributed by atoms with E-state index in [1.54, 1.807) is 84.9 Å². The van der Waals surface area contributed by atoms with Gasteiger partial charge in [-0.25, -0.2) is 4.79 Å². The van der Waals surface area contributed by atoms with Gasteiger partial charge in [-0.3, -0.25) is 57.9 Å². The van der Waals surface area contributed by atoms with Gasteiger partial charge in [0.15, 0.2) is 17.7 Å². The fourth-order valence-electron chi connectivity index (χ4n) is 10.9. The molecular formula is C65H95N17O11S2. The van der Waals surface area contributed by atoms with Crippen LogP contribution in [0.3, 0.4) is 0 Å². The van der Waals surface area contributed by atoms with Crippen LogP contribution in [-0.2, 0) is 56.0 Å². The Bertz CT molecular complexity index is 3090. The van der Waals surface area contributed by atoms with Gasteiger partial charge in [-0.2, -0.15) is 23.5 Å². The molecule has 20 N–H and O–H groups in total. The number of rotatable bonds is 44. The van der Waals surface area contributed by atoms with E-state index in [0.717, 1.165) is 18.6 Å². The first-order valence-corrected chi connectivity index (χ1v) is 34.6. The summed E-state index contributed by atoms with van der Waals surface area (Å²) in [6, 6.07) is 14.8. The van der Waals surface area contributed by atoms with Crippen LogP contribution in [0.5, 0.6) is 0 Å². The van der Waals surface area contributed by atoms with Gasteiger partial charge in [-0.15, -0.1) is 0 Å². The summed E-state index contributed by atoms with van der Waals surface area (Å²) in [7, 11) is 0. The third-order valence-electron chi connectivity index (χ3n) is 15.9. The van der Waals surface area contributed by atoms with E-state index in [0.29, 0.717) is 66.6 Å². The monoisotopic (exact) mass is 1350 g/mol. The minimum atomic E-state index is -1.50. The zero-order valence-corrected chi connectivity index (χ0v) is 55.9. The number of urea groups is 1. The zero-order valence-electron chi connectivity index (χ0n) is 54.2. The average molecular weight is 1350 g/mol. The van der Waals surface area contributed by atoms with Crippen molar-refractivity contribution in [3.8, 4) is 0 Å². The number of thioether (sulfide) groups is 2. The van der Waals surface area contributed by atoms with E-state index in [-0.39, 0.29) is 124 Å². The fraction of sp³-hybridized carbons (Fsp3) is 0.523. The molecular weight excluding hydrogens is 1260 g/mol. The number of guanidine groups is 2. The van der Waals surface area contributed by atoms with Crippen molar-refractivity contribution in [3.63, 3.8) is 0 Å². The maximum Gasteiger partial charge on any atom is 0.315 e. The van der Waals surface area contributed by atoms with Gasteiger partial charge >= 0.3 is 6.03 Å². The highest BCUT2D eigenvalue weighted by Crippen LogP contribution is 2.33. The van der Waals surface area contributed by atoms with Crippen molar-refractivity contribution in [2.75, 3.05) is 37.4 Å². The SMILES string of the molecule is CSCC[C@H](NC=O)C(=O)N[C@@H](CC(C)C)C(=O)N[C@@H](Cc1ccccc1)C(=O)N[C@@H](Cc1ccc(C(=O)c2ccccc2)cc1)C(=O)N[C@@H](CCCN=C(N)N)C(=O)N[C@@H](CCCN=C(N)N)C(=O)N[C@@H](CCCCNC(=O)CCCC[C@@H]1SC[C@@H]2NC(=O)N[C@@H]21)C(N)=O. The second-order valence-electron chi connectivity index (χ2n) is 23.9. The van der Waals surface area contributed by atoms with E-state index in [4.69, 9.17) is 28.7 Å². The average Bonchev–Trinajstić information content (AvgIpc) is 1.75. The van der Waals surface area contributed by atoms with Gasteiger partial charge in [0.1, 0.15) is 42.3 Å². The molecule has 2 aliphatic rings. The molecule has 0 aliphatic carbocycles. The predicted molar refractivity (Wildman–Crippen MR) is 367 cm³/mol. The van der Waals surface area contributed by atoms with Crippen LogP contribution >= 0.6 is 23.5 Å². The summed E-state index contributed by atoms with van der Waals surface area (Å²) in [6.07, 6.45) is 6.04. The lowest BCUT2D eigenvalue weighted by Gasteiger charge is -2.28. The number of fused-ring (bicyclic) bond motifs is 1. The number of aliphatic imine (C=N–C) groups is 2. The molecule has 95 heavy (non-hydrogen) atoms. The molecule has 2 heterocycles. The van der Waals surface area contributed by atoms with E-state index >= 15 is 4.79 Å². The first-order chi connectivity index (χ1) is 45.5. The van der Waals surface area contributed by atoms with Crippen LogP contribution in [0, 0.1) is 5.92 Å². The normalized spacial score (nSPS) is 16.8. The maximum atomic E-state index is 15.1. The van der Waals surface area contributed by atoms with Crippen molar-refractivity contribution in [1.29, 1.82) is 0 Å². The molecule has 28 nitrogen and oxygen atoms in total. The second kappa shape index (κ2) is 41.0. The smallest absolute Gasteiger partial charge is 0.315 e. The van der Waals surface area contributed by atoms with Crippen molar-refractivity contribution >= 4 is 101 Å². The molecule has 0 aromatic heterocycles. The van der Waals surface area contributed by atoms with Gasteiger partial charge in [0.25, 0.3) is 0 Å². The highest BCUT2D eigenvalue weighted by Gasteiger charge is 2.43. The van der Waals surface area contributed by atoms with Crippen LogP contribution in [0.2, 0.25) is 0 Å². The van der Waals surface area contributed by atoms with E-state index < -0.39 is 83.6 Å². The molecule has 11 amide bonds. The number of unbranched alkanes of at least 4 members (excludes halogenated alkanes) is 2. The highest BCUT2D eigenvalue weighted by molar-refractivity contribution is 8.00. The quantitative estimate of drug-likeness (QED) is 0.00893. The summed E-state index contributed by atoms with van der Waals surface area (Å²) in [5.74, 6) is -5.12. The van der Waals surface area contributed by atoms with Gasteiger partial charge in [0.2, 0.25) is 53.7 Å². The van der Waals surface area contributed by atoms with Crippen molar-refractivity contribution < 1.29 is 52.7 Å². The van der Waals surface area contributed by atoms with Gasteiger partial charge in [-0.05, 0) is 99.7 Å². The molecule has 0 spiro atoms. The predicted octanol–water partition coefficient (Wildman–Crippen LogP) is 0.130. The molecule has 0 bridgehead atoms. The van der Waals surface area contributed by atoms with Gasteiger partial charge < -0.3 is 81.8 Å². The first kappa shape index (κ1) is 76.8. The number of nitrogens with one attached hydrogen (secondary N) is 10. The molecule has 0 saturated carbocycles. The summed E-state index contributed by atoms with van der Waals surface area (Å²) in [4.78, 5) is 158. The molecule has 0 radical (unpaired) electrons. The minimum Gasteiger partial charge on any atom is -0.370 e. The highest BCUT2D eigenvalue weighted by atomic mass is 32.2. The number of benzene rings is 3. The van der Waals surface area contributed by atoms with Crippen molar-refractivity contribution in [3.05, 3.63) is 107 Å². The largest absolute Gasteiger partial charge is 0.370 e. The lowest BCUT2D eigenvalue weighted by Crippen LogP contribution is -2.60. The van der Waals surface area contributed by atoms with Crippen LogP contribution in [0.4, 0.5) is 4.79 Å². The van der Waals surface area contributed by atoms with Gasteiger partial charge in [0.05, 0.1) is 12.1 Å². The first-order valence-electron chi connectivity index (χ1n) is 32.1. The van der Waals surface area contributed by atoms with Crippen molar-refractivity contribution in [1.82, 2.24) is 53.2 Å². The Hall–Kier alpha value is -8.93. The Morgan fingerprint density at radius 3 is 1.62 bits per heavy atom. The Balaban J connectivity index is 1.37. The van der Waals surface area contributed by atoms with Crippen LogP contribution in [0.25, 0.3) is 0 Å². The Morgan fingerprint density at radius 2 is 1.07 bits per heavy atom. The topological polar surface area (TPSA) is 463 Å². The number of hydrogen-bond acceptors (Lipinski definition) is 15. The second-order valence-corrected chi connectivity index (χ2v) is 26.2. The maximum absolute atomic E-state index is 15.1. The van der Waals surface area contributed by atoms with Crippen molar-refractivity contribution in [2.24, 2.45) is 44.6 Å². The summed E-state index contributed by atoms with van der Waals surface area (Å²) in [6.45, 7) is 4.06. The number of amides is 11. The number of carbonyl (C=O) groups is 11. The summed E-state index contributed by atoms with van der Waals surface area (Å²) >= 11 is 3.29. The number of primary amides is 1. The zero-order chi connectivity index (χ0) is 69.2. The van der Waals surface area contributed by atoms with Crippen LogP contribution in [0.15, 0.2) is 94.9 Å². The molecule has 30 heteroatoms. The lowest BCUT2D eigenvalue weighted by atomic mass is 9.98. The van der Waals surface area contributed by atoms with Crippen molar-refractivity contribution in [2.45, 2.75) is 170 Å². The van der Waals surface area contributed by atoms with E-state index in [1.807, 2.05) is 31.9 Å². The Labute approximate surface area is 563 Å². The Morgan fingerprint density at radius 1 is 0.579 bits per heavy atom. The van der Waals surface area contributed by atoms with Crippen LogP contribution < -0.4 is 81.8 Å². The number of carbonyl (C=O) groups excluding carboxylic acids is 11. The third-order valence-corrected chi connectivity index (χ3v) is 18.1. The molecule has 2 aliphatic heterocycles. The van der Waals surface area contributed by atoms with E-state index in [2.05, 4.69) is 63.2 Å². The standard InChI is InChI=1S/C65H95N17O11S2/c1-39(2)34-48(78-57(87)45(74-38-83)29-33-94-3)60(90)79-49(35-40-16-6-4-7-17-40)62(92)80-50(36-41-25-27-43(28-26-41)55(85)42-18-8-5-9-19-42)61(91)77-47(22-15-32-73-64(69)70)59(89)76-46(21-14-31-72-63(67)68)58(88)75-44(56(66)86)20-12-13-30-71-53(84)24-11-10-23-52-54-51(37-95-52)81-65(93)82-54/h4-9,16-19,25-28,38-39,44-52,54H,10-15,20-24,29-37H2,1-3H3,(H2,66,86)(H,71,84)(H,74,83)(H,75,88)(H,76,89)(H,77,91)(H,78,87)(H,79,90)(H,80,92)(H4,67,68,72)(H4,69,70,73)(H2,81,82,93)/t44-,45-,46-,47-,48-,49-,50-,51-,52-,54-/m0/s1. The van der Waals surface area contributed by atoms with Gasteiger partial charge in [-0.1, -0.05) is 105 Å². The summed E-state index contributed by atoms with van der Waals surface area (Å²) in [5, 5.41) is 28.2. The minimum absolute atomic E-state index is 0.00925.